The van der Waals surface area contributed by atoms with Crippen LogP contribution < -0.4 is 15.5 Å². The molecule has 3 nitrogen and oxygen atoms in total. The largest absolute Gasteiger partial charge is 0.347 e. The average molecular weight is 290 g/mol. The van der Waals surface area contributed by atoms with E-state index in [-0.39, 0.29) is 11.9 Å². The van der Waals surface area contributed by atoms with Gasteiger partial charge in [-0.25, -0.2) is 4.39 Å². The van der Waals surface area contributed by atoms with Crippen LogP contribution in [-0.2, 0) is 0 Å². The second kappa shape index (κ2) is 4.53. The van der Waals surface area contributed by atoms with E-state index in [1.54, 1.807) is 4.90 Å². The van der Waals surface area contributed by atoms with Crippen LogP contribution in [0.2, 0.25) is 0 Å². The lowest BCUT2D eigenvalue weighted by Crippen LogP contribution is -3.14. The maximum Gasteiger partial charge on any atom is 0.171 e. The van der Waals surface area contributed by atoms with Crippen LogP contribution in [0.4, 0.5) is 4.39 Å². The van der Waals surface area contributed by atoms with E-state index in [0.29, 0.717) is 11.0 Å². The van der Waals surface area contributed by atoms with Gasteiger partial charge in [0.05, 0.1) is 18.8 Å². The van der Waals surface area contributed by atoms with Gasteiger partial charge in [0.25, 0.3) is 0 Å². The molecular weight excluding hydrogens is 273 g/mol. The van der Waals surface area contributed by atoms with E-state index in [2.05, 4.69) is 10.6 Å². The molecule has 1 atom stereocenters. The van der Waals surface area contributed by atoms with Gasteiger partial charge in [-0.05, 0) is 29.9 Å². The molecule has 0 saturated carbocycles. The molecule has 4 heterocycles. The highest BCUT2D eigenvalue weighted by Crippen LogP contribution is 2.33. The Labute approximate surface area is 122 Å². The molecule has 1 aromatic carbocycles. The highest BCUT2D eigenvalue weighted by Gasteiger charge is 2.44. The normalized spacial score (nSPS) is 31.6. The predicted molar refractivity (Wildman–Crippen MR) is 78.5 cm³/mol. The van der Waals surface area contributed by atoms with Crippen LogP contribution in [0.5, 0.6) is 0 Å². The number of rotatable bonds is 1. The second-order valence-corrected chi connectivity index (χ2v) is 6.20. The Bertz CT molecular complexity index is 588. The topological polar surface area (TPSA) is 28.5 Å². The smallest absolute Gasteiger partial charge is 0.171 e. The minimum atomic E-state index is -0.197. The van der Waals surface area contributed by atoms with Crippen LogP contribution in [0, 0.1) is 11.7 Å². The Morgan fingerprint density at radius 1 is 1.15 bits per heavy atom. The van der Waals surface area contributed by atoms with Gasteiger partial charge in [-0.2, -0.15) is 0 Å². The van der Waals surface area contributed by atoms with Gasteiger partial charge in [-0.15, -0.1) is 0 Å². The Kier molecular flexibility index (Phi) is 2.79. The number of thiocarbonyl (C=S) groups is 1. The third kappa shape index (κ3) is 1.84. The molecule has 0 radical (unpaired) electrons. The van der Waals surface area contributed by atoms with Gasteiger partial charge < -0.3 is 15.5 Å². The fraction of sp³-hybridized carbons (Fsp3) is 0.400. The summed E-state index contributed by atoms with van der Waals surface area (Å²) in [6.07, 6.45) is 2.47. The molecule has 4 aliphatic rings. The molecule has 0 spiro atoms. The Balaban J connectivity index is 1.80. The standard InChI is InChI=1S/C15H16FN3S/c16-11-3-1-9(2-4-11)12-14-13(18-15(20)17-12)10-5-7-19(14)8-6-10/h1-4,10,12H,5-8H2,(H2,17,18,20)/p+1/t12-/m0/s1. The van der Waals surface area contributed by atoms with Crippen LogP contribution in [0.3, 0.4) is 0 Å². The molecule has 104 valence electrons. The van der Waals surface area contributed by atoms with Crippen molar-refractivity contribution in [3.63, 3.8) is 0 Å². The van der Waals surface area contributed by atoms with Gasteiger partial charge >= 0.3 is 0 Å². The van der Waals surface area contributed by atoms with Crippen molar-refractivity contribution in [2.45, 2.75) is 18.9 Å². The Hall–Kier alpha value is -1.46. The molecule has 3 N–H and O–H groups in total. The summed E-state index contributed by atoms with van der Waals surface area (Å²) < 4.78 is 13.1. The molecule has 0 aliphatic carbocycles. The van der Waals surface area contributed by atoms with E-state index in [1.807, 2.05) is 12.1 Å². The van der Waals surface area contributed by atoms with Crippen molar-refractivity contribution in [2.75, 3.05) is 13.1 Å². The molecule has 0 amide bonds. The molecule has 20 heavy (non-hydrogen) atoms. The first kappa shape index (κ1) is 12.3. The monoisotopic (exact) mass is 290 g/mol. The quantitative estimate of drug-likeness (QED) is 0.670. The van der Waals surface area contributed by atoms with Crippen LogP contribution in [0.25, 0.3) is 0 Å². The molecule has 4 aliphatic heterocycles. The maximum atomic E-state index is 13.1. The molecule has 1 aromatic rings. The number of nitrogens with one attached hydrogen (secondary N) is 3. The zero-order chi connectivity index (χ0) is 13.7. The molecule has 2 bridgehead atoms. The van der Waals surface area contributed by atoms with Crippen molar-refractivity contribution in [1.82, 2.24) is 10.6 Å². The lowest BCUT2D eigenvalue weighted by atomic mass is 9.83. The summed E-state index contributed by atoms with van der Waals surface area (Å²) in [7, 11) is 0. The van der Waals surface area contributed by atoms with Crippen molar-refractivity contribution in [1.29, 1.82) is 0 Å². The van der Waals surface area contributed by atoms with Crippen LogP contribution in [0.1, 0.15) is 24.4 Å². The van der Waals surface area contributed by atoms with E-state index >= 15 is 0 Å². The summed E-state index contributed by atoms with van der Waals surface area (Å²) in [5.41, 5.74) is 3.78. The first-order valence-corrected chi connectivity index (χ1v) is 7.55. The average Bonchev–Trinajstić information content (AvgIpc) is 2.48. The van der Waals surface area contributed by atoms with Gasteiger partial charge in [0, 0.05) is 18.8 Å². The van der Waals surface area contributed by atoms with Crippen molar-refractivity contribution < 1.29 is 9.29 Å². The van der Waals surface area contributed by atoms with Crippen molar-refractivity contribution in [2.24, 2.45) is 5.92 Å². The van der Waals surface area contributed by atoms with E-state index in [9.17, 15) is 4.39 Å². The van der Waals surface area contributed by atoms with E-state index in [1.165, 1.54) is 49.5 Å². The fourth-order valence-electron chi connectivity index (χ4n) is 3.73. The minimum absolute atomic E-state index is 0.0810. The summed E-state index contributed by atoms with van der Waals surface area (Å²) >= 11 is 5.35. The Morgan fingerprint density at radius 2 is 1.85 bits per heavy atom. The second-order valence-electron chi connectivity index (χ2n) is 5.79. The third-order valence-electron chi connectivity index (χ3n) is 4.68. The van der Waals surface area contributed by atoms with E-state index in [0.717, 1.165) is 5.56 Å². The van der Waals surface area contributed by atoms with Gasteiger partial charge in [0.1, 0.15) is 11.9 Å². The van der Waals surface area contributed by atoms with Gasteiger partial charge in [0.15, 0.2) is 10.8 Å². The number of hydrogen-bond donors (Lipinski definition) is 3. The predicted octanol–water partition coefficient (Wildman–Crippen LogP) is 0.865. The zero-order valence-corrected chi connectivity index (χ0v) is 11.9. The minimum Gasteiger partial charge on any atom is -0.347 e. The third-order valence-corrected chi connectivity index (χ3v) is 4.90. The molecular formula is C15H17FN3S+. The summed E-state index contributed by atoms with van der Waals surface area (Å²) in [4.78, 5) is 1.54. The van der Waals surface area contributed by atoms with Crippen LogP contribution in [0.15, 0.2) is 35.7 Å². The highest BCUT2D eigenvalue weighted by atomic mass is 32.1. The Morgan fingerprint density at radius 3 is 2.55 bits per heavy atom. The first-order chi connectivity index (χ1) is 9.72. The molecule has 5 heteroatoms. The summed E-state index contributed by atoms with van der Waals surface area (Å²) in [5.74, 6) is 0.419. The molecule has 1 fully saturated rings. The van der Waals surface area contributed by atoms with Crippen LogP contribution >= 0.6 is 12.2 Å². The van der Waals surface area contributed by atoms with E-state index < -0.39 is 0 Å². The van der Waals surface area contributed by atoms with E-state index in [4.69, 9.17) is 12.2 Å². The summed E-state index contributed by atoms with van der Waals surface area (Å²) in [6.45, 7) is 2.38. The molecule has 5 rings (SSSR count). The maximum absolute atomic E-state index is 13.1. The number of piperidine rings is 1. The first-order valence-electron chi connectivity index (χ1n) is 7.14. The fourth-order valence-corrected chi connectivity index (χ4v) is 3.96. The lowest BCUT2D eigenvalue weighted by molar-refractivity contribution is -0.875. The number of benzene rings is 1. The summed E-state index contributed by atoms with van der Waals surface area (Å²) in [5, 5.41) is 7.41. The van der Waals surface area contributed by atoms with Gasteiger partial charge in [0.2, 0.25) is 0 Å². The van der Waals surface area contributed by atoms with Crippen molar-refractivity contribution in [3.05, 3.63) is 47.0 Å². The van der Waals surface area contributed by atoms with Gasteiger partial charge in [-0.1, -0.05) is 12.1 Å². The number of fused-ring (bicyclic) bond motifs is 2. The van der Waals surface area contributed by atoms with Crippen molar-refractivity contribution >= 4 is 17.3 Å². The number of halogens is 1. The van der Waals surface area contributed by atoms with Crippen LogP contribution in [-0.4, -0.2) is 18.2 Å². The number of allylic oxidation sites excluding steroid dienone is 1. The highest BCUT2D eigenvalue weighted by molar-refractivity contribution is 7.80. The molecule has 0 aromatic heterocycles. The summed E-state index contributed by atoms with van der Waals surface area (Å²) in [6, 6.07) is 6.84. The molecule has 1 saturated heterocycles. The zero-order valence-electron chi connectivity index (χ0n) is 11.1. The lowest BCUT2D eigenvalue weighted by Gasteiger charge is -2.44. The number of quaternary nitrogens is 1. The SMILES string of the molecule is Fc1ccc([C@@H]2NC(=S)NC3=C2[NH+]2CCC3CC2)cc1. The number of hydrogen-bond acceptors (Lipinski definition) is 1. The van der Waals surface area contributed by atoms with Crippen molar-refractivity contribution in [3.8, 4) is 0 Å². The van der Waals surface area contributed by atoms with Gasteiger partial charge in [-0.3, -0.25) is 0 Å². The molecule has 0 unspecified atom stereocenters.